The average Bonchev–Trinajstić information content (AvgIpc) is 3.01. The Morgan fingerprint density at radius 2 is 2.05 bits per heavy atom. The van der Waals surface area contributed by atoms with Crippen LogP contribution in [0.2, 0.25) is 5.02 Å². The number of rotatable bonds is 5. The first-order chi connectivity index (χ1) is 10.1. The smallest absolute Gasteiger partial charge is 0.307 e. The van der Waals surface area contributed by atoms with E-state index in [0.717, 1.165) is 4.88 Å². The van der Waals surface area contributed by atoms with Crippen LogP contribution < -0.4 is 5.32 Å². The highest BCUT2D eigenvalue weighted by Gasteiger charge is 2.21. The predicted octanol–water partition coefficient (Wildman–Crippen LogP) is 3.44. The normalized spacial score (nSPS) is 11.7. The first-order valence-corrected chi connectivity index (χ1v) is 7.53. The molecular formula is C15H14ClNO3S. The molecule has 1 atom stereocenters. The molecule has 0 aliphatic rings. The number of esters is 1. The minimum atomic E-state index is -0.429. The third-order valence-corrected chi connectivity index (χ3v) is 4.22. The van der Waals surface area contributed by atoms with Crippen molar-refractivity contribution in [3.63, 3.8) is 0 Å². The van der Waals surface area contributed by atoms with Gasteiger partial charge in [-0.25, -0.2) is 0 Å². The summed E-state index contributed by atoms with van der Waals surface area (Å²) in [4.78, 5) is 24.7. The molecule has 6 heteroatoms. The van der Waals surface area contributed by atoms with Crippen molar-refractivity contribution in [2.45, 2.75) is 12.5 Å². The Balaban J connectivity index is 2.17. The van der Waals surface area contributed by atoms with Crippen molar-refractivity contribution in [1.82, 2.24) is 5.32 Å². The molecule has 0 saturated heterocycles. The SMILES string of the molecule is COC(=O)CC(NC(=O)c1ccccc1Cl)c1cccs1. The van der Waals surface area contributed by atoms with Gasteiger partial charge in [0.25, 0.3) is 5.91 Å². The summed E-state index contributed by atoms with van der Waals surface area (Å²) in [6.07, 6.45) is 0.0766. The summed E-state index contributed by atoms with van der Waals surface area (Å²) in [6, 6.07) is 10.1. The van der Waals surface area contributed by atoms with Gasteiger partial charge in [-0.3, -0.25) is 9.59 Å². The molecule has 21 heavy (non-hydrogen) atoms. The van der Waals surface area contributed by atoms with Crippen LogP contribution in [-0.2, 0) is 9.53 Å². The van der Waals surface area contributed by atoms with Crippen LogP contribution in [0.4, 0.5) is 0 Å². The number of nitrogens with one attached hydrogen (secondary N) is 1. The maximum atomic E-state index is 12.3. The van der Waals surface area contributed by atoms with Gasteiger partial charge < -0.3 is 10.1 Å². The quantitative estimate of drug-likeness (QED) is 0.858. The number of thiophene rings is 1. The van der Waals surface area contributed by atoms with E-state index >= 15 is 0 Å². The third kappa shape index (κ3) is 4.06. The summed E-state index contributed by atoms with van der Waals surface area (Å²) in [7, 11) is 1.32. The van der Waals surface area contributed by atoms with Crippen molar-refractivity contribution in [2.24, 2.45) is 0 Å². The van der Waals surface area contributed by atoms with E-state index in [1.54, 1.807) is 24.3 Å². The molecule has 1 aromatic heterocycles. The van der Waals surface area contributed by atoms with E-state index in [1.165, 1.54) is 18.4 Å². The van der Waals surface area contributed by atoms with Gasteiger partial charge >= 0.3 is 5.97 Å². The lowest BCUT2D eigenvalue weighted by atomic mass is 10.1. The minimum Gasteiger partial charge on any atom is -0.469 e. The number of halogens is 1. The van der Waals surface area contributed by atoms with Gasteiger partial charge in [0.2, 0.25) is 0 Å². The largest absolute Gasteiger partial charge is 0.469 e. The van der Waals surface area contributed by atoms with Crippen LogP contribution >= 0.6 is 22.9 Å². The number of amides is 1. The van der Waals surface area contributed by atoms with Crippen molar-refractivity contribution in [3.8, 4) is 0 Å². The van der Waals surface area contributed by atoms with E-state index in [2.05, 4.69) is 10.1 Å². The van der Waals surface area contributed by atoms with Gasteiger partial charge in [0.1, 0.15) is 0 Å². The molecule has 1 N–H and O–H groups in total. The molecule has 0 spiro atoms. The molecule has 1 unspecified atom stereocenters. The number of carbonyl (C=O) groups is 2. The number of ether oxygens (including phenoxy) is 1. The summed E-state index contributed by atoms with van der Waals surface area (Å²) < 4.78 is 4.68. The third-order valence-electron chi connectivity index (χ3n) is 2.91. The van der Waals surface area contributed by atoms with Gasteiger partial charge in [-0.2, -0.15) is 0 Å². The van der Waals surface area contributed by atoms with Gasteiger partial charge in [0, 0.05) is 4.88 Å². The maximum Gasteiger partial charge on any atom is 0.307 e. The van der Waals surface area contributed by atoms with Crippen LogP contribution in [0.25, 0.3) is 0 Å². The van der Waals surface area contributed by atoms with Gasteiger partial charge in [-0.1, -0.05) is 29.8 Å². The molecule has 0 fully saturated rings. The Labute approximate surface area is 131 Å². The first-order valence-electron chi connectivity index (χ1n) is 6.27. The average molecular weight is 324 g/mol. The molecule has 1 heterocycles. The van der Waals surface area contributed by atoms with Gasteiger partial charge in [-0.15, -0.1) is 11.3 Å². The molecule has 1 aromatic carbocycles. The molecule has 4 nitrogen and oxygen atoms in total. The van der Waals surface area contributed by atoms with Crippen molar-refractivity contribution in [1.29, 1.82) is 0 Å². The monoisotopic (exact) mass is 323 g/mol. The van der Waals surface area contributed by atoms with E-state index in [4.69, 9.17) is 11.6 Å². The molecule has 0 aliphatic heterocycles. The molecule has 2 aromatic rings. The van der Waals surface area contributed by atoms with E-state index in [9.17, 15) is 9.59 Å². The van der Waals surface area contributed by atoms with Crippen molar-refractivity contribution < 1.29 is 14.3 Å². The lowest BCUT2D eigenvalue weighted by Crippen LogP contribution is -2.30. The highest BCUT2D eigenvalue weighted by Crippen LogP contribution is 2.24. The minimum absolute atomic E-state index is 0.0766. The topological polar surface area (TPSA) is 55.4 Å². The maximum absolute atomic E-state index is 12.3. The molecule has 1 amide bonds. The molecule has 0 radical (unpaired) electrons. The first kappa shape index (κ1) is 15.5. The summed E-state index contributed by atoms with van der Waals surface area (Å²) in [5.41, 5.74) is 0.380. The van der Waals surface area contributed by atoms with Crippen LogP contribution in [0.15, 0.2) is 41.8 Å². The van der Waals surface area contributed by atoms with Gasteiger partial charge in [0.05, 0.1) is 30.2 Å². The Hall–Kier alpha value is -1.85. The molecule has 0 bridgehead atoms. The fourth-order valence-corrected chi connectivity index (χ4v) is 2.84. The molecule has 0 saturated carbocycles. The summed E-state index contributed by atoms with van der Waals surface area (Å²) in [6.45, 7) is 0. The number of hydrogen-bond donors (Lipinski definition) is 1. The summed E-state index contributed by atoms with van der Waals surface area (Å²) in [5, 5.41) is 5.09. The highest BCUT2D eigenvalue weighted by molar-refractivity contribution is 7.10. The van der Waals surface area contributed by atoms with Crippen LogP contribution in [0.5, 0.6) is 0 Å². The number of methoxy groups -OCH3 is 1. The zero-order valence-electron chi connectivity index (χ0n) is 11.3. The second-order valence-electron chi connectivity index (χ2n) is 4.30. The van der Waals surface area contributed by atoms with Gasteiger partial charge in [-0.05, 0) is 23.6 Å². The standard InChI is InChI=1S/C15H14ClNO3S/c1-20-14(18)9-12(13-7-4-8-21-13)17-15(19)10-5-2-3-6-11(10)16/h2-8,12H,9H2,1H3,(H,17,19). The second kappa shape index (κ2) is 7.24. The molecular weight excluding hydrogens is 310 g/mol. The number of benzene rings is 1. The Morgan fingerprint density at radius 3 is 2.67 bits per heavy atom. The van der Waals surface area contributed by atoms with Crippen molar-refractivity contribution in [2.75, 3.05) is 7.11 Å². The number of hydrogen-bond acceptors (Lipinski definition) is 4. The highest BCUT2D eigenvalue weighted by atomic mass is 35.5. The summed E-state index contributed by atoms with van der Waals surface area (Å²) >= 11 is 7.48. The zero-order valence-corrected chi connectivity index (χ0v) is 12.9. The molecule has 0 aliphatic carbocycles. The summed E-state index contributed by atoms with van der Waals surface area (Å²) in [5.74, 6) is -0.698. The Bertz CT molecular complexity index is 628. The second-order valence-corrected chi connectivity index (χ2v) is 5.69. The lowest BCUT2D eigenvalue weighted by Gasteiger charge is -2.16. The lowest BCUT2D eigenvalue weighted by molar-refractivity contribution is -0.141. The van der Waals surface area contributed by atoms with E-state index in [-0.39, 0.29) is 18.3 Å². The van der Waals surface area contributed by atoms with Crippen molar-refractivity contribution in [3.05, 3.63) is 57.2 Å². The molecule has 2 rings (SSSR count). The Morgan fingerprint density at radius 1 is 1.29 bits per heavy atom. The number of carbonyl (C=O) groups excluding carboxylic acids is 2. The van der Waals surface area contributed by atoms with Crippen LogP contribution in [0.1, 0.15) is 27.7 Å². The van der Waals surface area contributed by atoms with Crippen molar-refractivity contribution >= 4 is 34.8 Å². The molecule has 110 valence electrons. The van der Waals surface area contributed by atoms with E-state index in [1.807, 2.05) is 17.5 Å². The fraction of sp³-hybridized carbons (Fsp3) is 0.200. The van der Waals surface area contributed by atoms with E-state index < -0.39 is 6.04 Å². The van der Waals surface area contributed by atoms with Crippen LogP contribution in [0, 0.1) is 0 Å². The zero-order chi connectivity index (χ0) is 15.2. The van der Waals surface area contributed by atoms with Crippen LogP contribution in [-0.4, -0.2) is 19.0 Å². The predicted molar refractivity (Wildman–Crippen MR) is 82.6 cm³/mol. The van der Waals surface area contributed by atoms with E-state index in [0.29, 0.717) is 10.6 Å². The van der Waals surface area contributed by atoms with Gasteiger partial charge in [0.15, 0.2) is 0 Å². The Kier molecular flexibility index (Phi) is 5.36. The van der Waals surface area contributed by atoms with Crippen LogP contribution in [0.3, 0.4) is 0 Å². The fourth-order valence-electron chi connectivity index (χ4n) is 1.84.